The highest BCUT2D eigenvalue weighted by molar-refractivity contribution is 5.61. The van der Waals surface area contributed by atoms with Gasteiger partial charge in [0, 0.05) is 11.1 Å². The minimum Gasteiger partial charge on any atom is -0.213 e. The van der Waals surface area contributed by atoms with Crippen LogP contribution in [0.4, 0.5) is 0 Å². The summed E-state index contributed by atoms with van der Waals surface area (Å²) in [5.74, 6) is 2.17. The van der Waals surface area contributed by atoms with Crippen LogP contribution in [0.1, 0.15) is 11.4 Å². The third-order valence-electron chi connectivity index (χ3n) is 3.06. The van der Waals surface area contributed by atoms with E-state index in [0.29, 0.717) is 0 Å². The van der Waals surface area contributed by atoms with E-state index >= 15 is 0 Å². The van der Waals surface area contributed by atoms with E-state index in [1.807, 2.05) is 49.4 Å². The van der Waals surface area contributed by atoms with Crippen LogP contribution in [0.2, 0.25) is 0 Å². The Morgan fingerprint density at radius 3 is 2.00 bits per heavy atom. The molecule has 0 aliphatic carbocycles. The molecule has 20 heavy (non-hydrogen) atoms. The molecule has 0 unspecified atom stereocenters. The second kappa shape index (κ2) is 5.21. The molecule has 0 radical (unpaired) electrons. The van der Waals surface area contributed by atoms with Gasteiger partial charge >= 0.3 is 0 Å². The SMILES string of the molecule is Cc1cccc(-c2nc(C)nc(-c3ccccc3)n2)c1. The predicted molar refractivity (Wildman–Crippen MR) is 80.2 cm³/mol. The number of hydrogen-bond acceptors (Lipinski definition) is 3. The van der Waals surface area contributed by atoms with Crippen molar-refractivity contribution in [1.29, 1.82) is 0 Å². The molecule has 0 bridgehead atoms. The Balaban J connectivity index is 2.12. The minimum atomic E-state index is 0.717. The Hall–Kier alpha value is -2.55. The van der Waals surface area contributed by atoms with Gasteiger partial charge in [0.2, 0.25) is 0 Å². The Labute approximate surface area is 118 Å². The van der Waals surface area contributed by atoms with Crippen LogP contribution in [0.25, 0.3) is 22.8 Å². The number of rotatable bonds is 2. The van der Waals surface area contributed by atoms with Crippen molar-refractivity contribution >= 4 is 0 Å². The Morgan fingerprint density at radius 2 is 1.30 bits per heavy atom. The first-order valence-electron chi connectivity index (χ1n) is 6.57. The molecule has 3 nitrogen and oxygen atoms in total. The van der Waals surface area contributed by atoms with Gasteiger partial charge in [0.15, 0.2) is 11.6 Å². The maximum atomic E-state index is 4.59. The zero-order valence-corrected chi connectivity index (χ0v) is 11.5. The number of benzene rings is 2. The minimum absolute atomic E-state index is 0.717. The third-order valence-corrected chi connectivity index (χ3v) is 3.06. The van der Waals surface area contributed by atoms with Gasteiger partial charge < -0.3 is 0 Å². The van der Waals surface area contributed by atoms with E-state index in [1.54, 1.807) is 0 Å². The van der Waals surface area contributed by atoms with E-state index in [1.165, 1.54) is 5.56 Å². The summed E-state index contributed by atoms with van der Waals surface area (Å²) in [6.07, 6.45) is 0. The molecule has 0 atom stereocenters. The molecule has 3 heteroatoms. The van der Waals surface area contributed by atoms with Crippen molar-refractivity contribution in [3.05, 3.63) is 66.0 Å². The third kappa shape index (κ3) is 2.57. The molecular weight excluding hydrogens is 246 g/mol. The van der Waals surface area contributed by atoms with Crippen molar-refractivity contribution in [2.24, 2.45) is 0 Å². The first kappa shape index (κ1) is 12.5. The summed E-state index contributed by atoms with van der Waals surface area (Å²) in [4.78, 5) is 13.5. The highest BCUT2D eigenvalue weighted by atomic mass is 15.0. The smallest absolute Gasteiger partial charge is 0.163 e. The van der Waals surface area contributed by atoms with Crippen LogP contribution in [-0.2, 0) is 0 Å². The second-order valence-electron chi connectivity index (χ2n) is 4.77. The molecule has 0 aliphatic heterocycles. The summed E-state index contributed by atoms with van der Waals surface area (Å²) in [7, 11) is 0. The summed E-state index contributed by atoms with van der Waals surface area (Å²) in [5, 5.41) is 0. The maximum absolute atomic E-state index is 4.59. The quantitative estimate of drug-likeness (QED) is 0.704. The number of aryl methyl sites for hydroxylation is 2. The molecule has 0 fully saturated rings. The fourth-order valence-electron chi connectivity index (χ4n) is 2.11. The van der Waals surface area contributed by atoms with Crippen molar-refractivity contribution in [1.82, 2.24) is 15.0 Å². The van der Waals surface area contributed by atoms with Crippen LogP contribution >= 0.6 is 0 Å². The molecule has 2 aromatic carbocycles. The average Bonchev–Trinajstić information content (AvgIpc) is 2.47. The van der Waals surface area contributed by atoms with Crippen LogP contribution < -0.4 is 0 Å². The highest BCUT2D eigenvalue weighted by Gasteiger charge is 2.08. The molecule has 3 aromatic rings. The average molecular weight is 261 g/mol. The Kier molecular flexibility index (Phi) is 3.25. The summed E-state index contributed by atoms with van der Waals surface area (Å²) in [6, 6.07) is 18.2. The van der Waals surface area contributed by atoms with Gasteiger partial charge in [0.05, 0.1) is 0 Å². The second-order valence-corrected chi connectivity index (χ2v) is 4.77. The fourth-order valence-corrected chi connectivity index (χ4v) is 2.11. The molecular formula is C17H15N3. The van der Waals surface area contributed by atoms with Gasteiger partial charge in [-0.3, -0.25) is 0 Å². The van der Waals surface area contributed by atoms with Gasteiger partial charge in [-0.2, -0.15) is 0 Å². The van der Waals surface area contributed by atoms with Gasteiger partial charge in [0.1, 0.15) is 5.82 Å². The summed E-state index contributed by atoms with van der Waals surface area (Å²) >= 11 is 0. The van der Waals surface area contributed by atoms with Gasteiger partial charge in [-0.15, -0.1) is 0 Å². The normalized spacial score (nSPS) is 10.5. The fraction of sp³-hybridized carbons (Fsp3) is 0.118. The van der Waals surface area contributed by atoms with Gasteiger partial charge in [-0.05, 0) is 19.9 Å². The first-order valence-corrected chi connectivity index (χ1v) is 6.57. The van der Waals surface area contributed by atoms with Crippen molar-refractivity contribution < 1.29 is 0 Å². The maximum Gasteiger partial charge on any atom is 0.163 e. The Morgan fingerprint density at radius 1 is 0.650 bits per heavy atom. The van der Waals surface area contributed by atoms with Crippen molar-refractivity contribution in [3.63, 3.8) is 0 Å². The molecule has 0 amide bonds. The van der Waals surface area contributed by atoms with E-state index in [-0.39, 0.29) is 0 Å². The molecule has 1 aromatic heterocycles. The van der Waals surface area contributed by atoms with Crippen LogP contribution in [0.15, 0.2) is 54.6 Å². The van der Waals surface area contributed by atoms with Crippen molar-refractivity contribution in [2.75, 3.05) is 0 Å². The lowest BCUT2D eigenvalue weighted by atomic mass is 10.1. The van der Waals surface area contributed by atoms with Crippen LogP contribution in [0.3, 0.4) is 0 Å². The summed E-state index contributed by atoms with van der Waals surface area (Å²) < 4.78 is 0. The molecule has 0 N–H and O–H groups in total. The molecule has 98 valence electrons. The van der Waals surface area contributed by atoms with Gasteiger partial charge in [-0.25, -0.2) is 15.0 Å². The van der Waals surface area contributed by atoms with Crippen LogP contribution in [0, 0.1) is 13.8 Å². The first-order chi connectivity index (χ1) is 9.72. The zero-order chi connectivity index (χ0) is 13.9. The lowest BCUT2D eigenvalue weighted by Gasteiger charge is -2.06. The Bertz CT molecular complexity index is 736. The standard InChI is InChI=1S/C17H15N3/c1-12-7-6-10-15(11-12)17-19-13(2)18-16(20-17)14-8-4-3-5-9-14/h3-11H,1-2H3. The van der Waals surface area contributed by atoms with E-state index in [2.05, 4.69) is 34.0 Å². The highest BCUT2D eigenvalue weighted by Crippen LogP contribution is 2.20. The van der Waals surface area contributed by atoms with E-state index in [9.17, 15) is 0 Å². The lowest BCUT2D eigenvalue weighted by molar-refractivity contribution is 0.991. The van der Waals surface area contributed by atoms with Gasteiger partial charge in [0.25, 0.3) is 0 Å². The van der Waals surface area contributed by atoms with Crippen LogP contribution in [-0.4, -0.2) is 15.0 Å². The topological polar surface area (TPSA) is 38.7 Å². The van der Waals surface area contributed by atoms with Crippen molar-refractivity contribution in [3.8, 4) is 22.8 Å². The zero-order valence-electron chi connectivity index (χ0n) is 11.5. The number of aromatic nitrogens is 3. The predicted octanol–water partition coefficient (Wildman–Crippen LogP) is 3.82. The van der Waals surface area contributed by atoms with E-state index in [0.717, 1.165) is 28.6 Å². The molecule has 0 saturated heterocycles. The number of nitrogens with zero attached hydrogens (tertiary/aromatic N) is 3. The molecule has 0 saturated carbocycles. The molecule has 0 spiro atoms. The summed E-state index contributed by atoms with van der Waals surface area (Å²) in [6.45, 7) is 3.96. The largest absolute Gasteiger partial charge is 0.213 e. The van der Waals surface area contributed by atoms with Gasteiger partial charge in [-0.1, -0.05) is 54.1 Å². The summed E-state index contributed by atoms with van der Waals surface area (Å²) in [5.41, 5.74) is 3.22. The van der Waals surface area contributed by atoms with E-state index < -0.39 is 0 Å². The molecule has 0 aliphatic rings. The molecule has 1 heterocycles. The number of hydrogen-bond donors (Lipinski definition) is 0. The van der Waals surface area contributed by atoms with Crippen LogP contribution in [0.5, 0.6) is 0 Å². The van der Waals surface area contributed by atoms with E-state index in [4.69, 9.17) is 0 Å². The van der Waals surface area contributed by atoms with Crippen molar-refractivity contribution in [2.45, 2.75) is 13.8 Å². The molecule has 3 rings (SSSR count). The lowest BCUT2D eigenvalue weighted by Crippen LogP contribution is -1.99. The monoisotopic (exact) mass is 261 g/mol.